The summed E-state index contributed by atoms with van der Waals surface area (Å²) in [6, 6.07) is 8.22. The molecule has 0 bridgehead atoms. The van der Waals surface area contributed by atoms with Gasteiger partial charge in [0.05, 0.1) is 25.7 Å². The number of fused-ring (bicyclic) bond motifs is 1. The minimum absolute atomic E-state index is 0.263. The number of hydrogen-bond donors (Lipinski definition) is 1. The molecule has 3 aromatic rings. The maximum atomic E-state index is 12.5. The number of nitrogens with one attached hydrogen (secondary N) is 1. The lowest BCUT2D eigenvalue weighted by atomic mass is 10.1. The van der Waals surface area contributed by atoms with Gasteiger partial charge >= 0.3 is 5.97 Å². The van der Waals surface area contributed by atoms with E-state index in [0.29, 0.717) is 26.5 Å². The van der Waals surface area contributed by atoms with Crippen LogP contribution in [0.5, 0.6) is 0 Å². The summed E-state index contributed by atoms with van der Waals surface area (Å²) in [5.41, 5.74) is 2.51. The summed E-state index contributed by atoms with van der Waals surface area (Å²) >= 11 is 1.17. The van der Waals surface area contributed by atoms with Crippen molar-refractivity contribution >= 4 is 45.4 Å². The van der Waals surface area contributed by atoms with Crippen LogP contribution in [-0.4, -0.2) is 49.4 Å². The zero-order chi connectivity index (χ0) is 20.4. The van der Waals surface area contributed by atoms with E-state index in [-0.39, 0.29) is 5.56 Å². The Morgan fingerprint density at radius 2 is 1.97 bits per heavy atom. The van der Waals surface area contributed by atoms with Crippen LogP contribution in [0.25, 0.3) is 22.4 Å². The predicted molar refractivity (Wildman–Crippen MR) is 115 cm³/mol. The molecule has 1 aliphatic rings. The van der Waals surface area contributed by atoms with E-state index < -0.39 is 5.97 Å². The van der Waals surface area contributed by atoms with E-state index in [9.17, 15) is 9.59 Å². The van der Waals surface area contributed by atoms with Crippen LogP contribution in [0.15, 0.2) is 29.1 Å². The maximum Gasteiger partial charge on any atom is 0.348 e. The Morgan fingerprint density at radius 1 is 1.24 bits per heavy atom. The first-order valence-electron chi connectivity index (χ1n) is 9.29. The average molecular weight is 411 g/mol. The van der Waals surface area contributed by atoms with Crippen LogP contribution in [0, 0.1) is 6.92 Å². The molecule has 0 unspecified atom stereocenters. The minimum Gasteiger partial charge on any atom is -0.465 e. The third-order valence-electron chi connectivity index (χ3n) is 4.89. The number of thiophene rings is 1. The highest BCUT2D eigenvalue weighted by atomic mass is 32.1. The number of benzene rings is 1. The highest BCUT2D eigenvalue weighted by Gasteiger charge is 2.19. The van der Waals surface area contributed by atoms with Crippen LogP contribution in [0.2, 0.25) is 0 Å². The highest BCUT2D eigenvalue weighted by Crippen LogP contribution is 2.27. The fourth-order valence-corrected chi connectivity index (χ4v) is 4.43. The number of hydrogen-bond acceptors (Lipinski definition) is 7. The third kappa shape index (κ3) is 3.94. The van der Waals surface area contributed by atoms with E-state index in [1.807, 2.05) is 18.2 Å². The Morgan fingerprint density at radius 3 is 2.66 bits per heavy atom. The number of rotatable bonds is 4. The van der Waals surface area contributed by atoms with Gasteiger partial charge in [-0.05, 0) is 36.3 Å². The Hall–Kier alpha value is -2.97. The molecule has 1 aliphatic heterocycles. The zero-order valence-corrected chi connectivity index (χ0v) is 17.0. The van der Waals surface area contributed by atoms with Crippen molar-refractivity contribution in [3.63, 3.8) is 0 Å². The normalized spacial score (nSPS) is 14.6. The second kappa shape index (κ2) is 8.18. The van der Waals surface area contributed by atoms with Gasteiger partial charge in [-0.25, -0.2) is 9.78 Å². The Labute approximate surface area is 171 Å². The van der Waals surface area contributed by atoms with Crippen molar-refractivity contribution in [3.8, 4) is 0 Å². The molecule has 4 rings (SSSR count). The lowest BCUT2D eigenvalue weighted by molar-refractivity contribution is 0.0605. The van der Waals surface area contributed by atoms with Gasteiger partial charge in [-0.3, -0.25) is 4.79 Å². The number of carbonyl (C=O) groups excluding carboxylic acids is 1. The monoisotopic (exact) mass is 411 g/mol. The van der Waals surface area contributed by atoms with Crippen LogP contribution in [0.4, 0.5) is 5.69 Å². The molecular formula is C21H21N3O4S. The van der Waals surface area contributed by atoms with E-state index in [0.717, 1.165) is 31.9 Å². The minimum atomic E-state index is -0.456. The maximum absolute atomic E-state index is 12.5. The van der Waals surface area contributed by atoms with Crippen molar-refractivity contribution < 1.29 is 14.3 Å². The molecule has 2 aromatic heterocycles. The van der Waals surface area contributed by atoms with Gasteiger partial charge in [0.2, 0.25) is 0 Å². The number of anilines is 1. The molecule has 150 valence electrons. The van der Waals surface area contributed by atoms with E-state index in [4.69, 9.17) is 9.47 Å². The molecule has 1 aromatic carbocycles. The van der Waals surface area contributed by atoms with Crippen molar-refractivity contribution in [1.82, 2.24) is 9.97 Å². The molecule has 1 saturated heterocycles. The van der Waals surface area contributed by atoms with Gasteiger partial charge in [-0.2, -0.15) is 0 Å². The van der Waals surface area contributed by atoms with Crippen molar-refractivity contribution in [1.29, 1.82) is 0 Å². The smallest absolute Gasteiger partial charge is 0.348 e. The van der Waals surface area contributed by atoms with E-state index in [2.05, 4.69) is 27.0 Å². The molecule has 0 spiro atoms. The number of morpholine rings is 1. The Bertz CT molecular complexity index is 1130. The quantitative estimate of drug-likeness (QED) is 0.664. The topological polar surface area (TPSA) is 84.5 Å². The van der Waals surface area contributed by atoms with Crippen LogP contribution in [0.1, 0.15) is 26.6 Å². The van der Waals surface area contributed by atoms with Gasteiger partial charge in [-0.15, -0.1) is 11.3 Å². The molecular weight excluding hydrogens is 390 g/mol. The van der Waals surface area contributed by atoms with Crippen molar-refractivity contribution in [2.75, 3.05) is 38.3 Å². The van der Waals surface area contributed by atoms with Crippen molar-refractivity contribution in [2.45, 2.75) is 6.92 Å². The standard InChI is InChI=1S/C21H21N3O4S/c1-13-17-19(25)22-16(23-20(17)29-18(13)21(26)27-2)8-5-14-3-6-15(7-4-14)24-9-11-28-12-10-24/h3-8H,9-12H2,1-2H3,(H,22,23,25)/b8-5+. The first kappa shape index (κ1) is 19.4. The third-order valence-corrected chi connectivity index (χ3v) is 6.06. The molecule has 0 amide bonds. The fourth-order valence-electron chi connectivity index (χ4n) is 3.32. The number of esters is 1. The van der Waals surface area contributed by atoms with Gasteiger partial charge in [0.15, 0.2) is 0 Å². The van der Waals surface area contributed by atoms with E-state index >= 15 is 0 Å². The molecule has 7 nitrogen and oxygen atoms in total. The number of aryl methyl sites for hydroxylation is 1. The predicted octanol–water partition coefficient (Wildman–Crippen LogP) is 3.09. The van der Waals surface area contributed by atoms with Gasteiger partial charge < -0.3 is 19.4 Å². The number of ether oxygens (including phenoxy) is 2. The summed E-state index contributed by atoms with van der Waals surface area (Å²) in [5, 5.41) is 0.433. The number of aromatic amines is 1. The summed E-state index contributed by atoms with van der Waals surface area (Å²) in [4.78, 5) is 34.8. The van der Waals surface area contributed by atoms with Crippen LogP contribution >= 0.6 is 11.3 Å². The number of carbonyl (C=O) groups is 1. The van der Waals surface area contributed by atoms with Crippen LogP contribution < -0.4 is 10.5 Å². The molecule has 0 saturated carbocycles. The Balaban J connectivity index is 1.58. The fraction of sp³-hybridized carbons (Fsp3) is 0.286. The van der Waals surface area contributed by atoms with Crippen LogP contribution in [0.3, 0.4) is 0 Å². The van der Waals surface area contributed by atoms with Crippen LogP contribution in [-0.2, 0) is 9.47 Å². The van der Waals surface area contributed by atoms with E-state index in [1.54, 1.807) is 13.0 Å². The Kier molecular flexibility index (Phi) is 5.46. The molecule has 3 heterocycles. The number of H-pyrrole nitrogens is 1. The SMILES string of the molecule is COC(=O)c1sc2nc(/C=C/c3ccc(N4CCOCC4)cc3)[nH]c(=O)c2c1C. The summed E-state index contributed by atoms with van der Waals surface area (Å²) in [5.74, 6) is -0.0141. The second-order valence-electron chi connectivity index (χ2n) is 6.70. The highest BCUT2D eigenvalue weighted by molar-refractivity contribution is 7.20. The van der Waals surface area contributed by atoms with Crippen molar-refractivity contribution in [3.05, 3.63) is 56.4 Å². The van der Waals surface area contributed by atoms with Crippen molar-refractivity contribution in [2.24, 2.45) is 0 Å². The summed E-state index contributed by atoms with van der Waals surface area (Å²) in [6.07, 6.45) is 3.66. The molecule has 0 radical (unpaired) electrons. The molecule has 1 N–H and O–H groups in total. The molecule has 0 aliphatic carbocycles. The molecule has 8 heteroatoms. The lowest BCUT2D eigenvalue weighted by Crippen LogP contribution is -2.36. The summed E-state index contributed by atoms with van der Waals surface area (Å²) in [6.45, 7) is 5.03. The molecule has 29 heavy (non-hydrogen) atoms. The average Bonchev–Trinajstić information content (AvgIpc) is 3.09. The lowest BCUT2D eigenvalue weighted by Gasteiger charge is -2.28. The first-order chi connectivity index (χ1) is 14.1. The molecule has 1 fully saturated rings. The number of aromatic nitrogens is 2. The number of nitrogens with zero attached hydrogens (tertiary/aromatic N) is 2. The first-order valence-corrected chi connectivity index (χ1v) is 10.1. The van der Waals surface area contributed by atoms with Gasteiger partial charge in [0.25, 0.3) is 5.56 Å². The van der Waals surface area contributed by atoms with Gasteiger partial charge in [0.1, 0.15) is 15.5 Å². The van der Waals surface area contributed by atoms with E-state index in [1.165, 1.54) is 24.1 Å². The zero-order valence-electron chi connectivity index (χ0n) is 16.2. The largest absolute Gasteiger partial charge is 0.465 e. The second-order valence-corrected chi connectivity index (χ2v) is 7.70. The molecule has 0 atom stereocenters. The summed E-state index contributed by atoms with van der Waals surface area (Å²) in [7, 11) is 1.32. The van der Waals surface area contributed by atoms with Gasteiger partial charge in [-0.1, -0.05) is 18.2 Å². The number of methoxy groups -OCH3 is 1. The van der Waals surface area contributed by atoms with Gasteiger partial charge in [0, 0.05) is 18.8 Å². The summed E-state index contributed by atoms with van der Waals surface area (Å²) < 4.78 is 10.2.